The first-order valence-electron chi connectivity index (χ1n) is 9.73. The van der Waals surface area contributed by atoms with Gasteiger partial charge in [-0.2, -0.15) is 0 Å². The van der Waals surface area contributed by atoms with Crippen LogP contribution in [-0.2, 0) is 26.0 Å². The highest BCUT2D eigenvalue weighted by Gasteiger charge is 2.31. The summed E-state index contributed by atoms with van der Waals surface area (Å²) < 4.78 is 28.7. The van der Waals surface area contributed by atoms with E-state index in [2.05, 4.69) is 4.72 Å². The fourth-order valence-corrected chi connectivity index (χ4v) is 5.38. The monoisotopic (exact) mass is 430 g/mol. The third kappa shape index (κ3) is 4.39. The highest BCUT2D eigenvalue weighted by atomic mass is 32.2. The molecule has 0 radical (unpaired) electrons. The van der Waals surface area contributed by atoms with Crippen LogP contribution in [0.25, 0.3) is 0 Å². The molecule has 2 aromatic rings. The van der Waals surface area contributed by atoms with Crippen LogP contribution in [0.15, 0.2) is 41.3 Å². The number of hydrogen-bond acceptors (Lipinski definition) is 4. The average molecular weight is 431 g/mol. The summed E-state index contributed by atoms with van der Waals surface area (Å²) in [5.74, 6) is -1.19. The first-order valence-corrected chi connectivity index (χ1v) is 11.2. The minimum Gasteiger partial charge on any atom is -0.481 e. The van der Waals surface area contributed by atoms with E-state index in [9.17, 15) is 23.1 Å². The van der Waals surface area contributed by atoms with Gasteiger partial charge in [0.1, 0.15) is 0 Å². The maximum Gasteiger partial charge on any atom is 0.305 e. The average Bonchev–Trinajstić information content (AvgIpc) is 2.95. The van der Waals surface area contributed by atoms with E-state index in [1.54, 1.807) is 23.1 Å². The number of anilines is 1. The van der Waals surface area contributed by atoms with Crippen molar-refractivity contribution < 1.29 is 23.1 Å². The summed E-state index contributed by atoms with van der Waals surface area (Å²) in [7, 11) is -3.97. The largest absolute Gasteiger partial charge is 0.481 e. The SMILES string of the molecule is CC(=O)N1c2ccc(S(=O)(=O)N[C@H](CC(=O)O)c3ccc(C)cc3C)cc2C[C@H]1C. The number of rotatable bonds is 6. The van der Waals surface area contributed by atoms with Gasteiger partial charge in [0.15, 0.2) is 0 Å². The highest BCUT2D eigenvalue weighted by Crippen LogP contribution is 2.34. The van der Waals surface area contributed by atoms with E-state index in [1.807, 2.05) is 32.9 Å². The number of carbonyl (C=O) groups excluding carboxylic acids is 1. The fraction of sp³-hybridized carbons (Fsp3) is 0.364. The Morgan fingerprint density at radius 1 is 1.20 bits per heavy atom. The topological polar surface area (TPSA) is 104 Å². The predicted octanol–water partition coefficient (Wildman–Crippen LogP) is 3.10. The molecule has 1 heterocycles. The van der Waals surface area contributed by atoms with Crippen molar-refractivity contribution in [2.75, 3.05) is 4.90 Å². The van der Waals surface area contributed by atoms with Crippen molar-refractivity contribution in [2.45, 2.75) is 57.5 Å². The number of nitrogens with zero attached hydrogens (tertiary/aromatic N) is 1. The summed E-state index contributed by atoms with van der Waals surface area (Å²) >= 11 is 0. The van der Waals surface area contributed by atoms with Crippen molar-refractivity contribution in [3.05, 3.63) is 58.7 Å². The Hall–Kier alpha value is -2.71. The van der Waals surface area contributed by atoms with E-state index in [0.717, 1.165) is 16.7 Å². The van der Waals surface area contributed by atoms with E-state index in [1.165, 1.54) is 13.0 Å². The molecule has 0 aliphatic carbocycles. The van der Waals surface area contributed by atoms with Gasteiger partial charge in [-0.15, -0.1) is 0 Å². The Morgan fingerprint density at radius 3 is 2.50 bits per heavy atom. The molecule has 160 valence electrons. The predicted molar refractivity (Wildman–Crippen MR) is 114 cm³/mol. The number of amides is 1. The van der Waals surface area contributed by atoms with Crippen LogP contribution in [0.1, 0.15) is 48.6 Å². The maximum absolute atomic E-state index is 13.1. The van der Waals surface area contributed by atoms with Crippen molar-refractivity contribution in [3.8, 4) is 0 Å². The number of aliphatic carboxylic acids is 1. The molecule has 2 atom stereocenters. The summed E-state index contributed by atoms with van der Waals surface area (Å²) in [4.78, 5) is 25.0. The molecule has 30 heavy (non-hydrogen) atoms. The molecular formula is C22H26N2O5S. The van der Waals surface area contributed by atoms with Crippen molar-refractivity contribution >= 4 is 27.6 Å². The smallest absolute Gasteiger partial charge is 0.305 e. The lowest BCUT2D eigenvalue weighted by molar-refractivity contribution is -0.137. The van der Waals surface area contributed by atoms with Crippen molar-refractivity contribution in [3.63, 3.8) is 0 Å². The zero-order chi connectivity index (χ0) is 22.2. The van der Waals surface area contributed by atoms with Crippen LogP contribution >= 0.6 is 0 Å². The molecular weight excluding hydrogens is 404 g/mol. The lowest BCUT2D eigenvalue weighted by atomic mass is 9.98. The standard InChI is InChI=1S/C22H26N2O5S/c1-13-5-7-19(14(2)9-13)20(12-22(26)27)23-30(28,29)18-6-8-21-17(11-18)10-15(3)24(21)16(4)25/h5-9,11,15,20,23H,10,12H2,1-4H3,(H,26,27)/t15-,20-/m1/s1. The number of carbonyl (C=O) groups is 2. The summed E-state index contributed by atoms with van der Waals surface area (Å²) in [6, 6.07) is 9.21. The fourth-order valence-electron chi connectivity index (χ4n) is 4.12. The van der Waals surface area contributed by atoms with Gasteiger partial charge < -0.3 is 10.0 Å². The molecule has 0 saturated carbocycles. The summed E-state index contributed by atoms with van der Waals surface area (Å²) in [5, 5.41) is 9.32. The van der Waals surface area contributed by atoms with Crippen molar-refractivity contribution in [2.24, 2.45) is 0 Å². The Bertz CT molecular complexity index is 1110. The van der Waals surface area contributed by atoms with Gasteiger partial charge in [-0.25, -0.2) is 13.1 Å². The van der Waals surface area contributed by atoms with Crippen LogP contribution in [0.5, 0.6) is 0 Å². The third-order valence-corrected chi connectivity index (χ3v) is 6.86. The number of aryl methyl sites for hydroxylation is 2. The number of hydrogen-bond donors (Lipinski definition) is 2. The van der Waals surface area contributed by atoms with Crippen LogP contribution in [-0.4, -0.2) is 31.4 Å². The summed E-state index contributed by atoms with van der Waals surface area (Å²) in [5.41, 5.74) is 3.95. The van der Waals surface area contributed by atoms with Crippen LogP contribution < -0.4 is 9.62 Å². The Balaban J connectivity index is 1.95. The molecule has 0 spiro atoms. The van der Waals surface area contributed by atoms with Crippen LogP contribution in [0, 0.1) is 13.8 Å². The van der Waals surface area contributed by atoms with Crippen molar-refractivity contribution in [1.82, 2.24) is 4.72 Å². The maximum atomic E-state index is 13.1. The number of carboxylic acid groups (broad SMARTS) is 1. The van der Waals surface area contributed by atoms with Gasteiger partial charge in [0, 0.05) is 18.7 Å². The summed E-state index contributed by atoms with van der Waals surface area (Å²) in [6.45, 7) is 7.15. The molecule has 0 aromatic heterocycles. The quantitative estimate of drug-likeness (QED) is 0.733. The molecule has 7 nitrogen and oxygen atoms in total. The lowest BCUT2D eigenvalue weighted by Gasteiger charge is -2.21. The van der Waals surface area contributed by atoms with Gasteiger partial charge in [-0.1, -0.05) is 23.8 Å². The number of nitrogens with one attached hydrogen (secondary N) is 1. The Kier molecular flexibility index (Phi) is 6.01. The highest BCUT2D eigenvalue weighted by molar-refractivity contribution is 7.89. The second-order valence-electron chi connectivity index (χ2n) is 7.86. The summed E-state index contributed by atoms with van der Waals surface area (Å²) in [6.07, 6.45) is 0.192. The minimum atomic E-state index is -3.97. The third-order valence-electron chi connectivity index (χ3n) is 5.39. The second-order valence-corrected chi connectivity index (χ2v) is 9.58. The molecule has 2 aromatic carbocycles. The normalized spacial score (nSPS) is 16.9. The first kappa shape index (κ1) is 22.0. The second kappa shape index (κ2) is 8.20. The van der Waals surface area contributed by atoms with Crippen molar-refractivity contribution in [1.29, 1.82) is 0 Å². The molecule has 1 aliphatic heterocycles. The van der Waals surface area contributed by atoms with E-state index >= 15 is 0 Å². The molecule has 0 unspecified atom stereocenters. The number of fused-ring (bicyclic) bond motifs is 1. The molecule has 1 aliphatic rings. The van der Waals surface area contributed by atoms with Gasteiger partial charge in [-0.3, -0.25) is 9.59 Å². The minimum absolute atomic E-state index is 0.0432. The molecule has 0 bridgehead atoms. The van der Waals surface area contributed by atoms with Crippen LogP contribution in [0.3, 0.4) is 0 Å². The molecule has 3 rings (SSSR count). The number of carboxylic acids is 1. The zero-order valence-electron chi connectivity index (χ0n) is 17.5. The van der Waals surface area contributed by atoms with Gasteiger partial charge >= 0.3 is 5.97 Å². The number of sulfonamides is 1. The van der Waals surface area contributed by atoms with Gasteiger partial charge in [0.05, 0.1) is 17.4 Å². The first-order chi connectivity index (χ1) is 14.0. The van der Waals surface area contributed by atoms with Crippen LogP contribution in [0.4, 0.5) is 5.69 Å². The molecule has 1 amide bonds. The van der Waals surface area contributed by atoms with Gasteiger partial charge in [0.2, 0.25) is 15.9 Å². The lowest BCUT2D eigenvalue weighted by Crippen LogP contribution is -2.33. The number of benzene rings is 2. The van der Waals surface area contributed by atoms with Crippen LogP contribution in [0.2, 0.25) is 0 Å². The van der Waals surface area contributed by atoms with Gasteiger partial charge in [-0.05, 0) is 62.1 Å². The zero-order valence-corrected chi connectivity index (χ0v) is 18.3. The van der Waals surface area contributed by atoms with Gasteiger partial charge in [0.25, 0.3) is 0 Å². The molecule has 2 N–H and O–H groups in total. The van der Waals surface area contributed by atoms with E-state index in [0.29, 0.717) is 17.7 Å². The molecule has 8 heteroatoms. The Morgan fingerprint density at radius 2 is 1.90 bits per heavy atom. The molecule has 0 saturated heterocycles. The Labute approximate surface area is 176 Å². The van der Waals surface area contributed by atoms with E-state index in [-0.39, 0.29) is 23.3 Å². The molecule has 0 fully saturated rings. The van der Waals surface area contributed by atoms with E-state index in [4.69, 9.17) is 0 Å². The van der Waals surface area contributed by atoms with E-state index < -0.39 is 22.0 Å².